The summed E-state index contributed by atoms with van der Waals surface area (Å²) in [6.45, 7) is 12.4. The Morgan fingerprint density at radius 3 is 2.38 bits per heavy atom. The Hall–Kier alpha value is 0.310. The lowest BCUT2D eigenvalue weighted by Gasteiger charge is -2.18. The molecule has 0 bridgehead atoms. The molecule has 0 saturated carbocycles. The molecular weight excluding hydrogens is 178 g/mol. The van der Waals surface area contributed by atoms with Crippen molar-refractivity contribution in [3.63, 3.8) is 0 Å². The van der Waals surface area contributed by atoms with Gasteiger partial charge in [-0.05, 0) is 39.5 Å². The van der Waals surface area contributed by atoms with E-state index >= 15 is 0 Å². The van der Waals surface area contributed by atoms with E-state index in [0.717, 1.165) is 12.5 Å². The minimum absolute atomic E-state index is 0.344. The number of hydrogen-bond acceptors (Lipinski definition) is 2. The summed E-state index contributed by atoms with van der Waals surface area (Å²) < 4.78 is 3.77. The van der Waals surface area contributed by atoms with Crippen LogP contribution in [0.15, 0.2) is 0 Å². The second kappa shape index (κ2) is 6.72. The summed E-state index contributed by atoms with van der Waals surface area (Å²) in [4.78, 5) is 0. The quantitative estimate of drug-likeness (QED) is 0.520. The van der Waals surface area contributed by atoms with Crippen molar-refractivity contribution in [1.29, 1.82) is 0 Å². The monoisotopic (exact) mass is 203 g/mol. The van der Waals surface area contributed by atoms with Crippen LogP contribution in [-0.4, -0.2) is 11.3 Å². The van der Waals surface area contributed by atoms with E-state index in [1.807, 2.05) is 11.9 Å². The average Bonchev–Trinajstić information content (AvgIpc) is 2.01. The topological polar surface area (TPSA) is 12.0 Å². The molecule has 0 rings (SSSR count). The Labute approximate surface area is 88.2 Å². The third kappa shape index (κ3) is 10.2. The SMILES string of the molecule is CCC(C)CCCNSC(C)(C)C. The van der Waals surface area contributed by atoms with Crippen molar-refractivity contribution in [1.82, 2.24) is 4.72 Å². The van der Waals surface area contributed by atoms with E-state index in [1.165, 1.54) is 19.3 Å². The first-order valence-electron chi connectivity index (χ1n) is 5.36. The van der Waals surface area contributed by atoms with Crippen molar-refractivity contribution in [3.8, 4) is 0 Å². The minimum atomic E-state index is 0.344. The molecule has 0 aromatic heterocycles. The Kier molecular flexibility index (Phi) is 6.88. The van der Waals surface area contributed by atoms with Crippen molar-refractivity contribution in [2.24, 2.45) is 5.92 Å². The molecule has 0 aliphatic carbocycles. The highest BCUT2D eigenvalue weighted by Crippen LogP contribution is 2.19. The van der Waals surface area contributed by atoms with Crippen LogP contribution >= 0.6 is 11.9 Å². The lowest BCUT2D eigenvalue weighted by atomic mass is 10.0. The van der Waals surface area contributed by atoms with Gasteiger partial charge in [0.2, 0.25) is 0 Å². The first-order valence-corrected chi connectivity index (χ1v) is 6.18. The van der Waals surface area contributed by atoms with Gasteiger partial charge in [-0.25, -0.2) is 0 Å². The smallest absolute Gasteiger partial charge is 0.0220 e. The van der Waals surface area contributed by atoms with Crippen LogP contribution in [0.3, 0.4) is 0 Å². The number of nitrogens with one attached hydrogen (secondary N) is 1. The molecule has 0 aliphatic heterocycles. The van der Waals surface area contributed by atoms with Crippen LogP contribution in [0.5, 0.6) is 0 Å². The van der Waals surface area contributed by atoms with Crippen LogP contribution in [0.25, 0.3) is 0 Å². The highest BCUT2D eigenvalue weighted by atomic mass is 32.2. The summed E-state index contributed by atoms with van der Waals surface area (Å²) >= 11 is 1.84. The molecule has 13 heavy (non-hydrogen) atoms. The normalized spacial score (nSPS) is 14.5. The van der Waals surface area contributed by atoms with Gasteiger partial charge in [0.05, 0.1) is 0 Å². The molecule has 0 fully saturated rings. The Balaban J connectivity index is 3.18. The zero-order valence-corrected chi connectivity index (χ0v) is 10.6. The zero-order valence-electron chi connectivity index (χ0n) is 9.81. The molecule has 0 amide bonds. The number of hydrogen-bond donors (Lipinski definition) is 1. The van der Waals surface area contributed by atoms with E-state index in [2.05, 4.69) is 39.3 Å². The van der Waals surface area contributed by atoms with Gasteiger partial charge in [0.15, 0.2) is 0 Å². The van der Waals surface area contributed by atoms with E-state index in [4.69, 9.17) is 0 Å². The maximum atomic E-state index is 3.42. The van der Waals surface area contributed by atoms with Crippen LogP contribution in [0.4, 0.5) is 0 Å². The molecule has 1 nitrogen and oxygen atoms in total. The van der Waals surface area contributed by atoms with Gasteiger partial charge in [-0.2, -0.15) is 0 Å². The van der Waals surface area contributed by atoms with Crippen LogP contribution in [0.2, 0.25) is 0 Å². The van der Waals surface area contributed by atoms with Crippen LogP contribution in [0, 0.1) is 5.92 Å². The van der Waals surface area contributed by atoms with E-state index in [1.54, 1.807) is 0 Å². The van der Waals surface area contributed by atoms with Gasteiger partial charge >= 0.3 is 0 Å². The fourth-order valence-electron chi connectivity index (χ4n) is 0.994. The van der Waals surface area contributed by atoms with Crippen LogP contribution < -0.4 is 4.72 Å². The lowest BCUT2D eigenvalue weighted by molar-refractivity contribution is 0.496. The van der Waals surface area contributed by atoms with Crippen molar-refractivity contribution in [3.05, 3.63) is 0 Å². The minimum Gasteiger partial charge on any atom is -0.264 e. The molecule has 0 spiro atoms. The van der Waals surface area contributed by atoms with Crippen LogP contribution in [0.1, 0.15) is 53.9 Å². The van der Waals surface area contributed by atoms with Gasteiger partial charge in [-0.1, -0.05) is 32.2 Å². The Morgan fingerprint density at radius 1 is 1.31 bits per heavy atom. The van der Waals surface area contributed by atoms with Crippen molar-refractivity contribution in [2.75, 3.05) is 6.54 Å². The second-order valence-electron chi connectivity index (χ2n) is 4.76. The molecule has 0 radical (unpaired) electrons. The summed E-state index contributed by atoms with van der Waals surface area (Å²) in [6.07, 6.45) is 3.97. The first-order chi connectivity index (χ1) is 5.95. The molecule has 0 aromatic rings. The van der Waals surface area contributed by atoms with E-state index in [-0.39, 0.29) is 0 Å². The maximum absolute atomic E-state index is 3.42. The predicted molar refractivity (Wildman–Crippen MR) is 64.0 cm³/mol. The molecule has 2 heteroatoms. The largest absolute Gasteiger partial charge is 0.264 e. The first kappa shape index (κ1) is 13.3. The van der Waals surface area contributed by atoms with E-state index in [0.29, 0.717) is 4.75 Å². The third-order valence-electron chi connectivity index (χ3n) is 2.05. The standard InChI is InChI=1S/C11H25NS/c1-6-10(2)8-7-9-12-13-11(3,4)5/h10,12H,6-9H2,1-5H3. The summed E-state index contributed by atoms with van der Waals surface area (Å²) in [6, 6.07) is 0. The molecular formula is C11H25NS. The van der Waals surface area contributed by atoms with Gasteiger partial charge in [0.1, 0.15) is 0 Å². The van der Waals surface area contributed by atoms with Crippen molar-refractivity contribution in [2.45, 2.75) is 58.6 Å². The van der Waals surface area contributed by atoms with Gasteiger partial charge in [-0.15, -0.1) is 0 Å². The predicted octanol–water partition coefficient (Wildman–Crippen LogP) is 3.85. The summed E-state index contributed by atoms with van der Waals surface area (Å²) in [5, 5.41) is 0. The lowest BCUT2D eigenvalue weighted by Crippen LogP contribution is -2.18. The van der Waals surface area contributed by atoms with Crippen molar-refractivity contribution >= 4 is 11.9 Å². The molecule has 1 N–H and O–H groups in total. The molecule has 80 valence electrons. The van der Waals surface area contributed by atoms with E-state index in [9.17, 15) is 0 Å². The number of rotatable bonds is 6. The highest BCUT2D eigenvalue weighted by Gasteiger charge is 2.09. The summed E-state index contributed by atoms with van der Waals surface area (Å²) in [7, 11) is 0. The van der Waals surface area contributed by atoms with Gasteiger partial charge in [0, 0.05) is 11.3 Å². The molecule has 1 atom stereocenters. The highest BCUT2D eigenvalue weighted by molar-refractivity contribution is 7.98. The fraction of sp³-hybridized carbons (Fsp3) is 1.00. The van der Waals surface area contributed by atoms with Crippen LogP contribution in [-0.2, 0) is 0 Å². The van der Waals surface area contributed by atoms with E-state index < -0.39 is 0 Å². The summed E-state index contributed by atoms with van der Waals surface area (Å²) in [5.41, 5.74) is 0. The third-order valence-corrected chi connectivity index (χ3v) is 3.01. The fourth-order valence-corrected chi connectivity index (χ4v) is 1.67. The van der Waals surface area contributed by atoms with Gasteiger partial charge in [-0.3, -0.25) is 4.72 Å². The maximum Gasteiger partial charge on any atom is 0.0220 e. The molecule has 0 saturated heterocycles. The Morgan fingerprint density at radius 2 is 1.92 bits per heavy atom. The molecule has 1 unspecified atom stereocenters. The zero-order chi connectivity index (χ0) is 10.3. The van der Waals surface area contributed by atoms with Gasteiger partial charge in [0.25, 0.3) is 0 Å². The molecule has 0 aromatic carbocycles. The molecule has 0 aliphatic rings. The van der Waals surface area contributed by atoms with Gasteiger partial charge < -0.3 is 0 Å². The average molecular weight is 203 g/mol. The molecule has 0 heterocycles. The summed E-state index contributed by atoms with van der Waals surface area (Å²) in [5.74, 6) is 0.890. The van der Waals surface area contributed by atoms with Crippen molar-refractivity contribution < 1.29 is 0 Å². The Bertz CT molecular complexity index is 118. The second-order valence-corrected chi connectivity index (χ2v) is 6.48.